The zero-order chi connectivity index (χ0) is 50.0. The molecule has 0 aliphatic rings. The van der Waals surface area contributed by atoms with Crippen molar-refractivity contribution < 1.29 is 28.6 Å². The maximum absolute atomic E-state index is 12.9. The van der Waals surface area contributed by atoms with Crippen molar-refractivity contribution in [2.24, 2.45) is 0 Å². The molecule has 0 heterocycles. The van der Waals surface area contributed by atoms with Crippen LogP contribution in [0.4, 0.5) is 0 Å². The minimum absolute atomic E-state index is 0.0717. The van der Waals surface area contributed by atoms with E-state index in [9.17, 15) is 14.4 Å². The molecule has 0 saturated heterocycles. The van der Waals surface area contributed by atoms with Gasteiger partial charge in [-0.2, -0.15) is 0 Å². The molecule has 0 rings (SSSR count). The van der Waals surface area contributed by atoms with Crippen LogP contribution in [0.2, 0.25) is 0 Å². The quantitative estimate of drug-likeness (QED) is 0.0261. The molecule has 6 nitrogen and oxygen atoms in total. The van der Waals surface area contributed by atoms with Crippen LogP contribution in [0.5, 0.6) is 0 Å². The molecule has 0 amide bonds. The first-order chi connectivity index (χ1) is 34.0. The molecule has 0 N–H and O–H groups in total. The van der Waals surface area contributed by atoms with Crippen LogP contribution in [0.3, 0.4) is 0 Å². The Kier molecular flexibility index (Phi) is 56.2. The van der Waals surface area contributed by atoms with E-state index >= 15 is 0 Å². The van der Waals surface area contributed by atoms with E-state index in [0.29, 0.717) is 19.3 Å². The number of hydrogen-bond acceptors (Lipinski definition) is 6. The summed E-state index contributed by atoms with van der Waals surface area (Å²) in [5.74, 6) is -0.866. The van der Waals surface area contributed by atoms with Crippen LogP contribution >= 0.6 is 0 Å². The average molecular weight is 970 g/mol. The lowest BCUT2D eigenvalue weighted by Gasteiger charge is -2.18. The number of carbonyl (C=O) groups excluding carboxylic acids is 3. The number of ether oxygens (including phenoxy) is 3. The van der Waals surface area contributed by atoms with Crippen molar-refractivity contribution in [2.75, 3.05) is 13.2 Å². The third-order valence-electron chi connectivity index (χ3n) is 13.6. The molecule has 0 aliphatic carbocycles. The molecule has 0 radical (unpaired) electrons. The van der Waals surface area contributed by atoms with Gasteiger partial charge in [-0.1, -0.05) is 288 Å². The molecular formula is C63H116O6. The van der Waals surface area contributed by atoms with Gasteiger partial charge in [0.25, 0.3) is 0 Å². The number of hydrogen-bond donors (Lipinski definition) is 0. The predicted octanol–water partition coefficient (Wildman–Crippen LogP) is 20.4. The Bertz CT molecular complexity index is 1160. The number of unbranched alkanes of at least 4 members (excludes halogenated alkanes) is 39. The molecule has 1 atom stereocenters. The van der Waals surface area contributed by atoms with Crippen LogP contribution in [0.1, 0.15) is 329 Å². The third kappa shape index (κ3) is 56.4. The van der Waals surface area contributed by atoms with Gasteiger partial charge in [0.05, 0.1) is 0 Å². The van der Waals surface area contributed by atoms with E-state index in [1.54, 1.807) is 0 Å². The lowest BCUT2D eigenvalue weighted by molar-refractivity contribution is -0.167. The highest BCUT2D eigenvalue weighted by Gasteiger charge is 2.19. The molecule has 1 unspecified atom stereocenters. The van der Waals surface area contributed by atoms with Crippen molar-refractivity contribution in [3.63, 3.8) is 0 Å². The van der Waals surface area contributed by atoms with Gasteiger partial charge in [0.1, 0.15) is 13.2 Å². The van der Waals surface area contributed by atoms with Crippen LogP contribution in [-0.4, -0.2) is 37.2 Å². The van der Waals surface area contributed by atoms with Crippen LogP contribution in [0.25, 0.3) is 0 Å². The SMILES string of the molecule is CCCCCCC/C=C\C/C=C\C/C=C\CCCCCCCCC(=O)OCC(COC(=O)CCCCCCCCCCCC)OC(=O)CCCCCCCCCCCCCCCCCCCCCC. The molecule has 0 aromatic rings. The van der Waals surface area contributed by atoms with Crippen molar-refractivity contribution in [2.45, 2.75) is 335 Å². The maximum Gasteiger partial charge on any atom is 0.306 e. The molecular weight excluding hydrogens is 853 g/mol. The van der Waals surface area contributed by atoms with Gasteiger partial charge in [-0.25, -0.2) is 0 Å². The fourth-order valence-corrected chi connectivity index (χ4v) is 9.04. The first kappa shape index (κ1) is 66.6. The monoisotopic (exact) mass is 969 g/mol. The normalized spacial score (nSPS) is 12.2. The molecule has 0 aromatic heterocycles. The lowest BCUT2D eigenvalue weighted by atomic mass is 10.0. The summed E-state index contributed by atoms with van der Waals surface area (Å²) in [7, 11) is 0. The van der Waals surface area contributed by atoms with Gasteiger partial charge < -0.3 is 14.2 Å². The van der Waals surface area contributed by atoms with E-state index in [1.807, 2.05) is 0 Å². The van der Waals surface area contributed by atoms with Gasteiger partial charge in [-0.3, -0.25) is 14.4 Å². The predicted molar refractivity (Wildman–Crippen MR) is 298 cm³/mol. The highest BCUT2D eigenvalue weighted by atomic mass is 16.6. The summed E-state index contributed by atoms with van der Waals surface area (Å²) in [6, 6.07) is 0. The Labute approximate surface area is 429 Å². The Balaban J connectivity index is 4.27. The van der Waals surface area contributed by atoms with E-state index in [1.165, 1.54) is 212 Å². The zero-order valence-electron chi connectivity index (χ0n) is 46.3. The molecule has 69 heavy (non-hydrogen) atoms. The summed E-state index contributed by atoms with van der Waals surface area (Å²) >= 11 is 0. The number of carbonyl (C=O) groups is 3. The summed E-state index contributed by atoms with van der Waals surface area (Å²) in [6.45, 7) is 6.66. The summed E-state index contributed by atoms with van der Waals surface area (Å²) < 4.78 is 16.9. The van der Waals surface area contributed by atoms with E-state index in [4.69, 9.17) is 14.2 Å². The largest absolute Gasteiger partial charge is 0.462 e. The highest BCUT2D eigenvalue weighted by Crippen LogP contribution is 2.17. The van der Waals surface area contributed by atoms with Gasteiger partial charge >= 0.3 is 17.9 Å². The molecule has 0 aromatic carbocycles. The first-order valence-electron chi connectivity index (χ1n) is 30.5. The minimum atomic E-state index is -0.773. The topological polar surface area (TPSA) is 78.9 Å². The van der Waals surface area contributed by atoms with E-state index < -0.39 is 6.10 Å². The highest BCUT2D eigenvalue weighted by molar-refractivity contribution is 5.71. The van der Waals surface area contributed by atoms with E-state index in [2.05, 4.69) is 57.2 Å². The second kappa shape index (κ2) is 58.2. The summed E-state index contributed by atoms with van der Waals surface area (Å²) in [5, 5.41) is 0. The molecule has 0 aliphatic heterocycles. The van der Waals surface area contributed by atoms with Crippen molar-refractivity contribution in [1.82, 2.24) is 0 Å². The van der Waals surface area contributed by atoms with Crippen LogP contribution in [-0.2, 0) is 28.6 Å². The van der Waals surface area contributed by atoms with Crippen LogP contribution in [0, 0.1) is 0 Å². The van der Waals surface area contributed by atoms with Gasteiger partial charge in [0.15, 0.2) is 6.10 Å². The average Bonchev–Trinajstić information content (AvgIpc) is 3.35. The van der Waals surface area contributed by atoms with Crippen molar-refractivity contribution in [3.05, 3.63) is 36.5 Å². The van der Waals surface area contributed by atoms with E-state index in [-0.39, 0.29) is 31.1 Å². The zero-order valence-corrected chi connectivity index (χ0v) is 46.3. The fourth-order valence-electron chi connectivity index (χ4n) is 9.04. The van der Waals surface area contributed by atoms with Gasteiger partial charge in [-0.15, -0.1) is 0 Å². The smallest absolute Gasteiger partial charge is 0.306 e. The molecule has 404 valence electrons. The molecule has 0 bridgehead atoms. The van der Waals surface area contributed by atoms with Crippen molar-refractivity contribution in [1.29, 1.82) is 0 Å². The maximum atomic E-state index is 12.9. The minimum Gasteiger partial charge on any atom is -0.462 e. The third-order valence-corrected chi connectivity index (χ3v) is 13.6. The van der Waals surface area contributed by atoms with Gasteiger partial charge in [-0.05, 0) is 57.8 Å². The Morgan fingerprint density at radius 3 is 0.812 bits per heavy atom. The van der Waals surface area contributed by atoms with E-state index in [0.717, 1.165) is 77.0 Å². The van der Waals surface area contributed by atoms with Crippen molar-refractivity contribution in [3.8, 4) is 0 Å². The van der Waals surface area contributed by atoms with Crippen LogP contribution in [0.15, 0.2) is 36.5 Å². The van der Waals surface area contributed by atoms with Gasteiger partial charge in [0, 0.05) is 19.3 Å². The molecule has 6 heteroatoms. The Morgan fingerprint density at radius 1 is 0.290 bits per heavy atom. The van der Waals surface area contributed by atoms with Crippen molar-refractivity contribution >= 4 is 17.9 Å². The fraction of sp³-hybridized carbons (Fsp3) is 0.857. The second-order valence-corrected chi connectivity index (χ2v) is 20.6. The first-order valence-corrected chi connectivity index (χ1v) is 30.5. The number of esters is 3. The summed E-state index contributed by atoms with van der Waals surface area (Å²) in [5.41, 5.74) is 0. The number of rotatable bonds is 56. The van der Waals surface area contributed by atoms with Crippen LogP contribution < -0.4 is 0 Å². The Morgan fingerprint density at radius 2 is 0.522 bits per heavy atom. The molecule has 0 fully saturated rings. The summed E-state index contributed by atoms with van der Waals surface area (Å²) in [6.07, 6.45) is 70.0. The van der Waals surface area contributed by atoms with Gasteiger partial charge in [0.2, 0.25) is 0 Å². The number of allylic oxidation sites excluding steroid dienone is 6. The standard InChI is InChI=1S/C63H116O6/c1-4-7-10-13-16-19-22-24-26-28-30-32-34-35-37-39-41-44-47-50-53-56-62(65)68-59-60(58-67-61(64)55-52-49-46-43-21-18-15-12-9-6-3)69-63(66)57-54-51-48-45-42-40-38-36-33-31-29-27-25-23-20-17-14-11-8-5-2/h22,24,28,30,34-35,60H,4-21,23,25-27,29,31-33,36-59H2,1-3H3/b24-22-,30-28-,35-34-. The lowest BCUT2D eigenvalue weighted by Crippen LogP contribution is -2.30. The summed E-state index contributed by atoms with van der Waals surface area (Å²) in [4.78, 5) is 38.1. The molecule has 0 saturated carbocycles. The second-order valence-electron chi connectivity index (χ2n) is 20.6. The Hall–Kier alpha value is -2.37. The molecule has 0 spiro atoms.